The average Bonchev–Trinajstić information content (AvgIpc) is 2.41. The number of halogens is 1. The highest BCUT2D eigenvalue weighted by Gasteiger charge is 2.12. The number of nitriles is 1. The molecule has 0 atom stereocenters. The van der Waals surface area contributed by atoms with Crippen LogP contribution in [0.5, 0.6) is 0 Å². The second-order valence-electron chi connectivity index (χ2n) is 3.95. The van der Waals surface area contributed by atoms with Crippen LogP contribution in [0.3, 0.4) is 0 Å². The van der Waals surface area contributed by atoms with E-state index in [0.29, 0.717) is 11.3 Å². The summed E-state index contributed by atoms with van der Waals surface area (Å²) in [5, 5.41) is 11.4. The first-order valence-electron chi connectivity index (χ1n) is 5.53. The van der Waals surface area contributed by atoms with Gasteiger partial charge in [-0.15, -0.1) is 0 Å². The maximum Gasteiger partial charge on any atom is 0.258 e. The molecule has 19 heavy (non-hydrogen) atoms. The van der Waals surface area contributed by atoms with Gasteiger partial charge in [0.2, 0.25) is 0 Å². The highest BCUT2D eigenvalue weighted by Crippen LogP contribution is 2.18. The fraction of sp³-hybridized carbons (Fsp3) is 0.0714. The topological polar surface area (TPSA) is 65.8 Å². The van der Waals surface area contributed by atoms with Gasteiger partial charge in [0.25, 0.3) is 5.91 Å². The monoisotopic (exact) mass is 255 g/mol. The lowest BCUT2D eigenvalue weighted by molar-refractivity contribution is 0.102. The molecular weight excluding hydrogens is 245 g/mol. The van der Waals surface area contributed by atoms with Crippen molar-refractivity contribution in [2.24, 2.45) is 0 Å². The summed E-state index contributed by atoms with van der Waals surface area (Å²) >= 11 is 0. The number of hydrogen-bond donors (Lipinski definition) is 1. The van der Waals surface area contributed by atoms with E-state index < -0.39 is 11.7 Å². The smallest absolute Gasteiger partial charge is 0.258 e. The summed E-state index contributed by atoms with van der Waals surface area (Å²) in [7, 11) is 0. The molecule has 2 rings (SSSR count). The van der Waals surface area contributed by atoms with Gasteiger partial charge in [-0.3, -0.25) is 9.78 Å². The fourth-order valence-electron chi connectivity index (χ4n) is 1.58. The van der Waals surface area contributed by atoms with Crippen LogP contribution < -0.4 is 5.32 Å². The highest BCUT2D eigenvalue weighted by molar-refractivity contribution is 6.04. The lowest BCUT2D eigenvalue weighted by Gasteiger charge is -2.09. The van der Waals surface area contributed by atoms with Crippen molar-refractivity contribution in [2.75, 3.05) is 5.32 Å². The van der Waals surface area contributed by atoms with E-state index in [-0.39, 0.29) is 5.56 Å². The number of amides is 1. The second kappa shape index (κ2) is 5.27. The molecule has 0 radical (unpaired) electrons. The molecule has 0 aliphatic heterocycles. The minimum atomic E-state index is -0.686. The molecule has 0 unspecified atom stereocenters. The van der Waals surface area contributed by atoms with E-state index in [9.17, 15) is 9.18 Å². The van der Waals surface area contributed by atoms with Crippen molar-refractivity contribution in [1.82, 2.24) is 4.98 Å². The molecule has 0 aliphatic carbocycles. The van der Waals surface area contributed by atoms with Crippen LogP contribution in [0.2, 0.25) is 0 Å². The summed E-state index contributed by atoms with van der Waals surface area (Å²) in [5.41, 5.74) is 1.62. The normalized spacial score (nSPS) is 9.74. The van der Waals surface area contributed by atoms with Crippen LogP contribution in [0.1, 0.15) is 21.5 Å². The third-order valence-corrected chi connectivity index (χ3v) is 2.63. The minimum Gasteiger partial charge on any atom is -0.322 e. The van der Waals surface area contributed by atoms with Gasteiger partial charge < -0.3 is 5.32 Å². The van der Waals surface area contributed by atoms with Crippen molar-refractivity contribution >= 4 is 11.6 Å². The molecule has 1 N–H and O–H groups in total. The zero-order valence-electron chi connectivity index (χ0n) is 10.1. The van der Waals surface area contributed by atoms with Crippen LogP contribution in [-0.2, 0) is 0 Å². The molecule has 1 aromatic heterocycles. The van der Waals surface area contributed by atoms with Gasteiger partial charge in [0, 0.05) is 11.9 Å². The quantitative estimate of drug-likeness (QED) is 0.897. The molecule has 4 nitrogen and oxygen atoms in total. The molecule has 94 valence electrons. The maximum atomic E-state index is 13.4. The van der Waals surface area contributed by atoms with E-state index in [1.165, 1.54) is 12.3 Å². The van der Waals surface area contributed by atoms with Gasteiger partial charge in [0.1, 0.15) is 0 Å². The van der Waals surface area contributed by atoms with Crippen LogP contribution in [-0.4, -0.2) is 10.9 Å². The fourth-order valence-corrected chi connectivity index (χ4v) is 1.58. The number of nitrogens with zero attached hydrogens (tertiary/aromatic N) is 2. The molecule has 1 aromatic carbocycles. The standard InChI is InChI=1S/C14H10FN3O/c1-9-2-3-10(7-16)6-13(9)18-14(19)11-4-5-17-8-12(11)15/h2-6,8H,1H3,(H,18,19). The molecule has 0 aliphatic rings. The van der Waals surface area contributed by atoms with Crippen LogP contribution in [0.4, 0.5) is 10.1 Å². The summed E-state index contributed by atoms with van der Waals surface area (Å²) in [4.78, 5) is 15.5. The number of pyridine rings is 1. The molecule has 0 saturated carbocycles. The largest absolute Gasteiger partial charge is 0.322 e. The lowest BCUT2D eigenvalue weighted by atomic mass is 10.1. The number of anilines is 1. The van der Waals surface area contributed by atoms with Crippen molar-refractivity contribution in [2.45, 2.75) is 6.92 Å². The van der Waals surface area contributed by atoms with Gasteiger partial charge in [-0.25, -0.2) is 4.39 Å². The molecule has 0 spiro atoms. The van der Waals surface area contributed by atoms with Gasteiger partial charge in [-0.1, -0.05) is 6.07 Å². The van der Waals surface area contributed by atoms with Crippen molar-refractivity contribution in [3.63, 3.8) is 0 Å². The molecule has 0 bridgehead atoms. The highest BCUT2D eigenvalue weighted by atomic mass is 19.1. The number of rotatable bonds is 2. The number of carbonyl (C=O) groups is 1. The van der Waals surface area contributed by atoms with Crippen LogP contribution >= 0.6 is 0 Å². The molecular formula is C14H10FN3O. The zero-order valence-corrected chi connectivity index (χ0v) is 10.1. The number of carbonyl (C=O) groups excluding carboxylic acids is 1. The van der Waals surface area contributed by atoms with E-state index >= 15 is 0 Å². The Hall–Kier alpha value is -2.74. The van der Waals surface area contributed by atoms with Crippen molar-refractivity contribution in [1.29, 1.82) is 5.26 Å². The van der Waals surface area contributed by atoms with E-state index in [2.05, 4.69) is 10.3 Å². The van der Waals surface area contributed by atoms with Gasteiger partial charge in [-0.2, -0.15) is 5.26 Å². The van der Waals surface area contributed by atoms with Gasteiger partial charge >= 0.3 is 0 Å². The Balaban J connectivity index is 2.30. The Morgan fingerprint density at radius 3 is 2.89 bits per heavy atom. The number of nitrogens with one attached hydrogen (secondary N) is 1. The van der Waals surface area contributed by atoms with Gasteiger partial charge in [-0.05, 0) is 30.7 Å². The SMILES string of the molecule is Cc1ccc(C#N)cc1NC(=O)c1ccncc1F. The summed E-state index contributed by atoms with van der Waals surface area (Å²) in [6.45, 7) is 1.79. The van der Waals surface area contributed by atoms with Crippen LogP contribution in [0.25, 0.3) is 0 Å². The molecule has 1 amide bonds. The third kappa shape index (κ3) is 2.75. The maximum absolute atomic E-state index is 13.4. The summed E-state index contributed by atoms with van der Waals surface area (Å²) in [6.07, 6.45) is 2.32. The number of hydrogen-bond acceptors (Lipinski definition) is 3. The number of aryl methyl sites for hydroxylation is 1. The molecule has 0 fully saturated rings. The summed E-state index contributed by atoms with van der Waals surface area (Å²) < 4.78 is 13.4. The Morgan fingerprint density at radius 1 is 1.42 bits per heavy atom. The Morgan fingerprint density at radius 2 is 2.21 bits per heavy atom. The molecule has 5 heteroatoms. The van der Waals surface area contributed by atoms with Crippen molar-refractivity contribution in [3.8, 4) is 6.07 Å². The van der Waals surface area contributed by atoms with Crippen LogP contribution in [0.15, 0.2) is 36.7 Å². The molecule has 0 saturated heterocycles. The minimum absolute atomic E-state index is 0.0863. The first kappa shape index (κ1) is 12.7. The first-order valence-corrected chi connectivity index (χ1v) is 5.53. The Labute approximate surface area is 109 Å². The summed E-state index contributed by atoms with van der Waals surface area (Å²) in [5.74, 6) is -1.26. The van der Waals surface area contributed by atoms with E-state index in [1.54, 1.807) is 25.1 Å². The van der Waals surface area contributed by atoms with E-state index in [1.807, 2.05) is 6.07 Å². The lowest BCUT2D eigenvalue weighted by Crippen LogP contribution is -2.14. The zero-order chi connectivity index (χ0) is 13.8. The van der Waals surface area contributed by atoms with Crippen molar-refractivity contribution < 1.29 is 9.18 Å². The summed E-state index contributed by atoms with van der Waals surface area (Å²) in [6, 6.07) is 8.20. The molecule has 1 heterocycles. The second-order valence-corrected chi connectivity index (χ2v) is 3.95. The predicted molar refractivity (Wildman–Crippen MR) is 68.0 cm³/mol. The third-order valence-electron chi connectivity index (χ3n) is 2.63. The van der Waals surface area contributed by atoms with E-state index in [4.69, 9.17) is 5.26 Å². The Bertz CT molecular complexity index is 677. The van der Waals surface area contributed by atoms with Crippen molar-refractivity contribution in [3.05, 3.63) is 59.2 Å². The number of aromatic nitrogens is 1. The number of benzene rings is 1. The van der Waals surface area contributed by atoms with Gasteiger partial charge in [0.15, 0.2) is 5.82 Å². The van der Waals surface area contributed by atoms with Gasteiger partial charge in [0.05, 0.1) is 23.4 Å². The average molecular weight is 255 g/mol. The van der Waals surface area contributed by atoms with E-state index in [0.717, 1.165) is 11.8 Å². The predicted octanol–water partition coefficient (Wildman–Crippen LogP) is 2.65. The Kier molecular flexibility index (Phi) is 3.53. The molecule has 2 aromatic rings. The first-order chi connectivity index (χ1) is 9.11. The van der Waals surface area contributed by atoms with Crippen LogP contribution in [0, 0.1) is 24.1 Å².